The summed E-state index contributed by atoms with van der Waals surface area (Å²) in [7, 11) is 3.44. The van der Waals surface area contributed by atoms with Crippen LogP contribution in [0.25, 0.3) is 23.1 Å². The fraction of sp³-hybridized carbons (Fsp3) is 0.100. The van der Waals surface area contributed by atoms with Crippen molar-refractivity contribution in [2.24, 2.45) is 12.8 Å². The lowest BCUT2D eigenvalue weighted by Crippen LogP contribution is -2.34. The minimum absolute atomic E-state index is 0.0897. The molecular formula is C20H19N2O3+. The number of methoxy groups -OCH3 is 1. The third-order valence-corrected chi connectivity index (χ3v) is 4.15. The van der Waals surface area contributed by atoms with Gasteiger partial charge in [0.15, 0.2) is 11.5 Å². The zero-order valence-corrected chi connectivity index (χ0v) is 14.1. The van der Waals surface area contributed by atoms with Crippen molar-refractivity contribution in [1.29, 1.82) is 0 Å². The number of nitrogens with two attached hydrogens (primary N) is 1. The Morgan fingerprint density at radius 2 is 1.92 bits per heavy atom. The van der Waals surface area contributed by atoms with Crippen LogP contribution in [0.2, 0.25) is 0 Å². The minimum Gasteiger partial charge on any atom is -0.504 e. The molecule has 126 valence electrons. The highest BCUT2D eigenvalue weighted by Crippen LogP contribution is 2.27. The molecule has 3 rings (SSSR count). The van der Waals surface area contributed by atoms with Crippen LogP contribution in [0.1, 0.15) is 21.6 Å². The van der Waals surface area contributed by atoms with Gasteiger partial charge in [0.2, 0.25) is 17.1 Å². The van der Waals surface area contributed by atoms with Gasteiger partial charge in [0.05, 0.1) is 18.1 Å². The number of hydrogen-bond acceptors (Lipinski definition) is 3. The van der Waals surface area contributed by atoms with E-state index >= 15 is 0 Å². The summed E-state index contributed by atoms with van der Waals surface area (Å²) in [6.07, 6.45) is 3.78. The quantitative estimate of drug-likeness (QED) is 0.720. The summed E-state index contributed by atoms with van der Waals surface area (Å²) in [6.45, 7) is 0. The SMILES string of the molecule is COc1cc(C=Cc2cc(C(N)=O)c3ccccc3[n+]2C)ccc1O. The number of para-hydroxylation sites is 1. The molecule has 0 atom stereocenters. The van der Waals surface area contributed by atoms with Crippen molar-refractivity contribution < 1.29 is 19.2 Å². The summed E-state index contributed by atoms with van der Waals surface area (Å²) in [5.41, 5.74) is 8.64. The summed E-state index contributed by atoms with van der Waals surface area (Å²) in [4.78, 5) is 11.8. The Hall–Kier alpha value is -3.34. The number of amides is 1. The molecule has 5 heteroatoms. The molecule has 5 nitrogen and oxygen atoms in total. The number of carbonyl (C=O) groups excluding carboxylic acids is 1. The van der Waals surface area contributed by atoms with Gasteiger partial charge in [-0.2, -0.15) is 4.57 Å². The van der Waals surface area contributed by atoms with E-state index in [0.29, 0.717) is 11.3 Å². The topological polar surface area (TPSA) is 76.4 Å². The van der Waals surface area contributed by atoms with E-state index in [-0.39, 0.29) is 5.75 Å². The van der Waals surface area contributed by atoms with Crippen molar-refractivity contribution in [3.05, 3.63) is 65.4 Å². The number of pyridine rings is 1. The van der Waals surface area contributed by atoms with Crippen LogP contribution >= 0.6 is 0 Å². The van der Waals surface area contributed by atoms with Gasteiger partial charge in [-0.15, -0.1) is 0 Å². The first-order valence-electron chi connectivity index (χ1n) is 7.78. The Balaban J connectivity index is 2.10. The Morgan fingerprint density at radius 3 is 2.64 bits per heavy atom. The van der Waals surface area contributed by atoms with E-state index in [2.05, 4.69) is 0 Å². The highest BCUT2D eigenvalue weighted by molar-refractivity contribution is 6.05. The molecule has 25 heavy (non-hydrogen) atoms. The third-order valence-electron chi connectivity index (χ3n) is 4.15. The third kappa shape index (κ3) is 3.17. The van der Waals surface area contributed by atoms with E-state index < -0.39 is 5.91 Å². The molecule has 1 amide bonds. The smallest absolute Gasteiger partial charge is 0.249 e. The van der Waals surface area contributed by atoms with Crippen molar-refractivity contribution in [1.82, 2.24) is 0 Å². The highest BCUT2D eigenvalue weighted by Gasteiger charge is 2.17. The number of rotatable bonds is 4. The maximum atomic E-state index is 11.8. The monoisotopic (exact) mass is 335 g/mol. The largest absolute Gasteiger partial charge is 0.504 e. The Morgan fingerprint density at radius 1 is 1.16 bits per heavy atom. The number of aromatic nitrogens is 1. The number of fused-ring (bicyclic) bond motifs is 1. The average Bonchev–Trinajstić information content (AvgIpc) is 2.62. The van der Waals surface area contributed by atoms with Gasteiger partial charge in [-0.05, 0) is 29.8 Å². The van der Waals surface area contributed by atoms with E-state index in [4.69, 9.17) is 10.5 Å². The van der Waals surface area contributed by atoms with E-state index in [1.54, 1.807) is 24.3 Å². The summed E-state index contributed by atoms with van der Waals surface area (Å²) in [6, 6.07) is 14.5. The molecular weight excluding hydrogens is 316 g/mol. The van der Waals surface area contributed by atoms with Crippen LogP contribution in [0.15, 0.2) is 48.5 Å². The van der Waals surface area contributed by atoms with E-state index in [1.807, 2.05) is 48.0 Å². The van der Waals surface area contributed by atoms with Gasteiger partial charge in [0, 0.05) is 18.2 Å². The van der Waals surface area contributed by atoms with E-state index in [0.717, 1.165) is 22.2 Å². The summed E-state index contributed by atoms with van der Waals surface area (Å²) in [5, 5.41) is 10.5. The molecule has 0 unspecified atom stereocenters. The number of primary amides is 1. The van der Waals surface area contributed by atoms with Gasteiger partial charge >= 0.3 is 0 Å². The number of benzene rings is 2. The maximum Gasteiger partial charge on any atom is 0.249 e. The van der Waals surface area contributed by atoms with Gasteiger partial charge in [-0.25, -0.2) is 0 Å². The fourth-order valence-electron chi connectivity index (χ4n) is 2.80. The first-order valence-corrected chi connectivity index (χ1v) is 7.78. The summed E-state index contributed by atoms with van der Waals surface area (Å²) < 4.78 is 7.12. The number of phenols is 1. The lowest BCUT2D eigenvalue weighted by atomic mass is 10.1. The Bertz CT molecular complexity index is 994. The summed E-state index contributed by atoms with van der Waals surface area (Å²) >= 11 is 0. The molecule has 0 bridgehead atoms. The van der Waals surface area contributed by atoms with Gasteiger partial charge < -0.3 is 15.6 Å². The lowest BCUT2D eigenvalue weighted by Gasteiger charge is -2.05. The maximum absolute atomic E-state index is 11.8. The van der Waals surface area contributed by atoms with Gasteiger partial charge in [0.1, 0.15) is 7.05 Å². The molecule has 0 spiro atoms. The second-order valence-corrected chi connectivity index (χ2v) is 5.69. The van der Waals surface area contributed by atoms with Gasteiger partial charge in [0.25, 0.3) is 0 Å². The molecule has 0 fully saturated rings. The normalized spacial score (nSPS) is 11.1. The zero-order chi connectivity index (χ0) is 18.0. The molecule has 3 aromatic rings. The molecule has 3 N–H and O–H groups in total. The molecule has 0 saturated heterocycles. The first-order chi connectivity index (χ1) is 12.0. The second kappa shape index (κ2) is 6.65. The first kappa shape index (κ1) is 16.5. The molecule has 0 radical (unpaired) electrons. The molecule has 0 aliphatic heterocycles. The predicted molar refractivity (Wildman–Crippen MR) is 97.2 cm³/mol. The van der Waals surface area contributed by atoms with Crippen LogP contribution < -0.4 is 15.0 Å². The van der Waals surface area contributed by atoms with Crippen LogP contribution in [0.3, 0.4) is 0 Å². The van der Waals surface area contributed by atoms with E-state index in [9.17, 15) is 9.90 Å². The average molecular weight is 335 g/mol. The second-order valence-electron chi connectivity index (χ2n) is 5.69. The van der Waals surface area contributed by atoms with Gasteiger partial charge in [-0.3, -0.25) is 4.79 Å². The number of aromatic hydroxyl groups is 1. The fourth-order valence-corrected chi connectivity index (χ4v) is 2.80. The van der Waals surface area contributed by atoms with Crippen LogP contribution in [-0.2, 0) is 7.05 Å². The van der Waals surface area contributed by atoms with Crippen LogP contribution in [0.4, 0.5) is 0 Å². The number of carbonyl (C=O) groups is 1. The van der Waals surface area contributed by atoms with Crippen LogP contribution in [0, 0.1) is 0 Å². The molecule has 0 aliphatic rings. The molecule has 0 saturated carbocycles. The van der Waals surface area contributed by atoms with Crippen molar-refractivity contribution >= 4 is 29.0 Å². The number of hydrogen-bond donors (Lipinski definition) is 2. The number of ether oxygens (including phenoxy) is 1. The Kier molecular flexibility index (Phi) is 4.39. The highest BCUT2D eigenvalue weighted by atomic mass is 16.5. The van der Waals surface area contributed by atoms with E-state index in [1.165, 1.54) is 7.11 Å². The van der Waals surface area contributed by atoms with Crippen molar-refractivity contribution in [3.8, 4) is 11.5 Å². The molecule has 1 heterocycles. The molecule has 1 aromatic heterocycles. The molecule has 0 aliphatic carbocycles. The van der Waals surface area contributed by atoms with Crippen molar-refractivity contribution in [2.75, 3.05) is 7.11 Å². The minimum atomic E-state index is -0.460. The van der Waals surface area contributed by atoms with Gasteiger partial charge in [-0.1, -0.05) is 18.2 Å². The lowest BCUT2D eigenvalue weighted by molar-refractivity contribution is -0.646. The molecule has 2 aromatic carbocycles. The number of nitrogens with zero attached hydrogens (tertiary/aromatic N) is 1. The van der Waals surface area contributed by atoms with Crippen molar-refractivity contribution in [3.63, 3.8) is 0 Å². The number of phenolic OH excluding ortho intramolecular Hbond substituents is 1. The number of aryl methyl sites for hydroxylation is 1. The summed E-state index contributed by atoms with van der Waals surface area (Å²) in [5.74, 6) is 0.0348. The standard InChI is InChI=1S/C20H18N2O3/c1-22-14(9-7-13-8-10-18(23)19(11-13)25-2)12-16(20(21)24)15-5-3-4-6-17(15)22/h3-12H,1-2H3,(H2,21,24)/p+1. The predicted octanol–water partition coefficient (Wildman–Crippen LogP) is 2.65. The van der Waals surface area contributed by atoms with Crippen LogP contribution in [0.5, 0.6) is 11.5 Å². The Labute approximate surface area is 145 Å². The van der Waals surface area contributed by atoms with Crippen LogP contribution in [-0.4, -0.2) is 18.1 Å². The zero-order valence-electron chi connectivity index (χ0n) is 14.1. The van der Waals surface area contributed by atoms with Crippen molar-refractivity contribution in [2.45, 2.75) is 0 Å².